The van der Waals surface area contributed by atoms with Gasteiger partial charge in [0.2, 0.25) is 11.8 Å². The zero-order chi connectivity index (χ0) is 14.5. The van der Waals surface area contributed by atoms with Crippen molar-refractivity contribution in [2.45, 2.75) is 45.6 Å². The lowest BCUT2D eigenvalue weighted by molar-refractivity contribution is -0.144. The van der Waals surface area contributed by atoms with E-state index in [1.807, 2.05) is 20.8 Å². The van der Waals surface area contributed by atoms with Gasteiger partial charge in [-0.3, -0.25) is 15.0 Å². The van der Waals surface area contributed by atoms with Crippen molar-refractivity contribution in [1.29, 1.82) is 0 Å². The molecule has 3 N–H and O–H groups in total. The van der Waals surface area contributed by atoms with Gasteiger partial charge >= 0.3 is 0 Å². The molecule has 6 heteroatoms. The molecule has 0 aromatic heterocycles. The van der Waals surface area contributed by atoms with Gasteiger partial charge in [-0.25, -0.2) is 5.84 Å². The number of ether oxygens (including phenoxy) is 1. The molecule has 1 heterocycles. The highest BCUT2D eigenvalue weighted by atomic mass is 16.5. The van der Waals surface area contributed by atoms with Crippen LogP contribution in [0.15, 0.2) is 0 Å². The van der Waals surface area contributed by atoms with Gasteiger partial charge in [-0.05, 0) is 33.1 Å². The Kier molecular flexibility index (Phi) is 5.75. The highest BCUT2D eigenvalue weighted by Crippen LogP contribution is 2.18. The summed E-state index contributed by atoms with van der Waals surface area (Å²) in [7, 11) is 0. The molecule has 0 aliphatic carbocycles. The van der Waals surface area contributed by atoms with Crippen molar-refractivity contribution in [2.24, 2.45) is 11.8 Å². The fraction of sp³-hybridized carbons (Fsp3) is 0.846. The van der Waals surface area contributed by atoms with Crippen molar-refractivity contribution in [3.63, 3.8) is 0 Å². The van der Waals surface area contributed by atoms with Crippen molar-refractivity contribution in [2.75, 3.05) is 19.7 Å². The third-order valence-corrected chi connectivity index (χ3v) is 3.80. The molecular formula is C13H25N3O3. The van der Waals surface area contributed by atoms with E-state index in [1.54, 1.807) is 4.90 Å². The molecule has 1 fully saturated rings. The molecular weight excluding hydrogens is 246 g/mol. The lowest BCUT2D eigenvalue weighted by atomic mass is 9.96. The largest absolute Gasteiger partial charge is 0.366 e. The molecule has 0 aromatic rings. The molecule has 0 unspecified atom stereocenters. The number of rotatable bonds is 5. The van der Waals surface area contributed by atoms with Crippen LogP contribution in [-0.4, -0.2) is 42.0 Å². The van der Waals surface area contributed by atoms with Crippen molar-refractivity contribution < 1.29 is 14.3 Å². The maximum atomic E-state index is 12.0. The molecule has 0 bridgehead atoms. The van der Waals surface area contributed by atoms with Crippen molar-refractivity contribution in [3.8, 4) is 0 Å². The summed E-state index contributed by atoms with van der Waals surface area (Å²) in [6.45, 7) is 7.26. The minimum Gasteiger partial charge on any atom is -0.366 e. The van der Waals surface area contributed by atoms with Gasteiger partial charge in [-0.2, -0.15) is 0 Å². The second kappa shape index (κ2) is 6.86. The predicted octanol–water partition coefficient (Wildman–Crippen LogP) is 0.420. The monoisotopic (exact) mass is 271 g/mol. The van der Waals surface area contributed by atoms with E-state index in [1.165, 1.54) is 0 Å². The van der Waals surface area contributed by atoms with Gasteiger partial charge in [0, 0.05) is 19.0 Å². The number of nitrogens with two attached hydrogens (primary N) is 1. The van der Waals surface area contributed by atoms with Crippen LogP contribution in [0.3, 0.4) is 0 Å². The first-order valence-corrected chi connectivity index (χ1v) is 6.82. The van der Waals surface area contributed by atoms with E-state index in [9.17, 15) is 9.59 Å². The van der Waals surface area contributed by atoms with Crippen LogP contribution >= 0.6 is 0 Å². The highest BCUT2D eigenvalue weighted by molar-refractivity contribution is 5.80. The SMILES string of the molecule is CCC(C)(C)OCC(=O)N1CCC(C(=O)NN)CC1. The smallest absolute Gasteiger partial charge is 0.248 e. The van der Waals surface area contributed by atoms with Crippen LogP contribution in [0, 0.1) is 5.92 Å². The Balaban J connectivity index is 2.35. The Hall–Kier alpha value is -1.14. The van der Waals surface area contributed by atoms with E-state index < -0.39 is 0 Å². The van der Waals surface area contributed by atoms with Crippen molar-refractivity contribution in [1.82, 2.24) is 10.3 Å². The zero-order valence-corrected chi connectivity index (χ0v) is 12.1. The minimum atomic E-state index is -0.270. The molecule has 1 aliphatic heterocycles. The van der Waals surface area contributed by atoms with E-state index in [2.05, 4.69) is 5.43 Å². The number of hydrazine groups is 1. The number of carbonyl (C=O) groups excluding carboxylic acids is 2. The molecule has 0 atom stereocenters. The quantitative estimate of drug-likeness (QED) is 0.431. The van der Waals surface area contributed by atoms with Crippen LogP contribution in [0.25, 0.3) is 0 Å². The molecule has 6 nitrogen and oxygen atoms in total. The lowest BCUT2D eigenvalue weighted by Crippen LogP contribution is -2.46. The van der Waals surface area contributed by atoms with Crippen LogP contribution in [0.4, 0.5) is 0 Å². The maximum Gasteiger partial charge on any atom is 0.248 e. The van der Waals surface area contributed by atoms with Gasteiger partial charge in [-0.1, -0.05) is 6.92 Å². The van der Waals surface area contributed by atoms with Gasteiger partial charge < -0.3 is 9.64 Å². The van der Waals surface area contributed by atoms with Gasteiger partial charge in [0.05, 0.1) is 5.60 Å². The Labute approximate surface area is 114 Å². The average Bonchev–Trinajstić information content (AvgIpc) is 2.44. The molecule has 0 aromatic carbocycles. The highest BCUT2D eigenvalue weighted by Gasteiger charge is 2.27. The summed E-state index contributed by atoms with van der Waals surface area (Å²) in [6, 6.07) is 0. The number of piperidine rings is 1. The minimum absolute atomic E-state index is 0.00636. The topological polar surface area (TPSA) is 84.7 Å². The summed E-state index contributed by atoms with van der Waals surface area (Å²) in [5.74, 6) is 4.88. The number of carbonyl (C=O) groups is 2. The number of likely N-dealkylation sites (tertiary alicyclic amines) is 1. The van der Waals surface area contributed by atoms with Crippen LogP contribution in [0.5, 0.6) is 0 Å². The van der Waals surface area contributed by atoms with E-state index in [4.69, 9.17) is 10.6 Å². The van der Waals surface area contributed by atoms with Crippen LogP contribution < -0.4 is 11.3 Å². The fourth-order valence-electron chi connectivity index (χ4n) is 1.96. The molecule has 0 saturated carbocycles. The normalized spacial score (nSPS) is 17.4. The predicted molar refractivity (Wildman–Crippen MR) is 72.0 cm³/mol. The number of nitrogens with zero attached hydrogens (tertiary/aromatic N) is 1. The van der Waals surface area contributed by atoms with E-state index in [0.29, 0.717) is 25.9 Å². The maximum absolute atomic E-state index is 12.0. The van der Waals surface area contributed by atoms with Gasteiger partial charge in [0.1, 0.15) is 6.61 Å². The van der Waals surface area contributed by atoms with Crippen molar-refractivity contribution >= 4 is 11.8 Å². The van der Waals surface area contributed by atoms with E-state index in [-0.39, 0.29) is 29.9 Å². The van der Waals surface area contributed by atoms with Gasteiger partial charge in [0.25, 0.3) is 0 Å². The number of amides is 2. The van der Waals surface area contributed by atoms with Crippen LogP contribution in [0.2, 0.25) is 0 Å². The third-order valence-electron chi connectivity index (χ3n) is 3.80. The Morgan fingerprint density at radius 1 is 1.37 bits per heavy atom. The summed E-state index contributed by atoms with van der Waals surface area (Å²) in [5.41, 5.74) is 1.89. The summed E-state index contributed by atoms with van der Waals surface area (Å²) < 4.78 is 5.60. The molecule has 19 heavy (non-hydrogen) atoms. The van der Waals surface area contributed by atoms with Gasteiger partial charge in [0.15, 0.2) is 0 Å². The lowest BCUT2D eigenvalue weighted by Gasteiger charge is -2.32. The molecule has 0 radical (unpaired) electrons. The molecule has 110 valence electrons. The Morgan fingerprint density at radius 2 is 1.95 bits per heavy atom. The molecule has 1 saturated heterocycles. The third kappa shape index (κ3) is 4.80. The zero-order valence-electron chi connectivity index (χ0n) is 12.1. The second-order valence-electron chi connectivity index (χ2n) is 5.57. The van der Waals surface area contributed by atoms with Crippen LogP contribution in [0.1, 0.15) is 40.0 Å². The number of hydrogen-bond acceptors (Lipinski definition) is 4. The van der Waals surface area contributed by atoms with Crippen molar-refractivity contribution in [3.05, 3.63) is 0 Å². The first kappa shape index (κ1) is 15.9. The Bertz CT molecular complexity index is 323. The molecule has 1 rings (SSSR count). The molecule has 0 spiro atoms. The van der Waals surface area contributed by atoms with E-state index in [0.717, 1.165) is 6.42 Å². The fourth-order valence-corrected chi connectivity index (χ4v) is 1.96. The summed E-state index contributed by atoms with van der Waals surface area (Å²) >= 11 is 0. The van der Waals surface area contributed by atoms with Crippen LogP contribution in [-0.2, 0) is 14.3 Å². The summed E-state index contributed by atoms with van der Waals surface area (Å²) in [6.07, 6.45) is 2.18. The molecule has 1 aliphatic rings. The summed E-state index contributed by atoms with van der Waals surface area (Å²) in [5, 5.41) is 0. The molecule has 2 amide bonds. The Morgan fingerprint density at radius 3 is 2.42 bits per heavy atom. The first-order chi connectivity index (χ1) is 8.89. The standard InChI is InChI=1S/C13H25N3O3/c1-4-13(2,3)19-9-11(17)16-7-5-10(6-8-16)12(18)15-14/h10H,4-9,14H2,1-3H3,(H,15,18). The number of nitrogens with one attached hydrogen (secondary N) is 1. The first-order valence-electron chi connectivity index (χ1n) is 6.82. The van der Waals surface area contributed by atoms with E-state index >= 15 is 0 Å². The summed E-state index contributed by atoms with van der Waals surface area (Å²) in [4.78, 5) is 25.1. The number of hydrogen-bond donors (Lipinski definition) is 2. The second-order valence-corrected chi connectivity index (χ2v) is 5.57. The average molecular weight is 271 g/mol. The van der Waals surface area contributed by atoms with Gasteiger partial charge in [-0.15, -0.1) is 0 Å².